The minimum atomic E-state index is -0.495. The van der Waals surface area contributed by atoms with Crippen LogP contribution in [-0.2, 0) is 4.74 Å². The molecule has 0 fully saturated rings. The predicted molar refractivity (Wildman–Crippen MR) is 85.3 cm³/mol. The van der Waals surface area contributed by atoms with Gasteiger partial charge < -0.3 is 15.0 Å². The van der Waals surface area contributed by atoms with Gasteiger partial charge in [0, 0.05) is 11.4 Å². The van der Waals surface area contributed by atoms with Gasteiger partial charge in [-0.15, -0.1) is 0 Å². The summed E-state index contributed by atoms with van der Waals surface area (Å²) in [5.41, 5.74) is 2.90. The van der Waals surface area contributed by atoms with E-state index in [0.29, 0.717) is 28.1 Å². The average molecular weight is 318 g/mol. The predicted octanol–water partition coefficient (Wildman–Crippen LogP) is 3.51. The lowest BCUT2D eigenvalue weighted by molar-refractivity contribution is 0.0519. The van der Waals surface area contributed by atoms with Gasteiger partial charge in [-0.25, -0.2) is 9.18 Å². The number of esters is 1. The number of aromatic amines is 1. The molecule has 122 valence electrons. The van der Waals surface area contributed by atoms with Gasteiger partial charge in [0.2, 0.25) is 0 Å². The van der Waals surface area contributed by atoms with E-state index in [2.05, 4.69) is 10.3 Å². The molecular formula is C17H19FN2O3. The highest BCUT2D eigenvalue weighted by Crippen LogP contribution is 2.22. The molecule has 0 aliphatic rings. The summed E-state index contributed by atoms with van der Waals surface area (Å²) in [5.74, 6) is -1.22. The maximum Gasteiger partial charge on any atom is 0.355 e. The Morgan fingerprint density at radius 3 is 2.57 bits per heavy atom. The Kier molecular flexibility index (Phi) is 4.83. The minimum Gasteiger partial charge on any atom is -0.461 e. The fourth-order valence-corrected chi connectivity index (χ4v) is 2.45. The van der Waals surface area contributed by atoms with Crippen molar-refractivity contribution in [2.75, 3.05) is 11.9 Å². The number of ether oxygens (including phenoxy) is 1. The maximum absolute atomic E-state index is 13.1. The number of aromatic nitrogens is 1. The number of hydrogen-bond acceptors (Lipinski definition) is 3. The molecule has 0 spiro atoms. The van der Waals surface area contributed by atoms with Gasteiger partial charge in [0.1, 0.15) is 11.5 Å². The summed E-state index contributed by atoms with van der Waals surface area (Å²) in [6.07, 6.45) is 0. The van der Waals surface area contributed by atoms with Crippen LogP contribution >= 0.6 is 0 Å². The zero-order valence-electron chi connectivity index (χ0n) is 13.5. The van der Waals surface area contributed by atoms with E-state index in [4.69, 9.17) is 4.74 Å². The SMILES string of the molecule is CCOC(=O)c1[nH]c(C)c(C(=O)Nc2ccc(F)cc2C)c1C. The molecule has 0 saturated carbocycles. The zero-order chi connectivity index (χ0) is 17.1. The molecule has 5 nitrogen and oxygen atoms in total. The molecule has 0 bridgehead atoms. The number of nitrogens with one attached hydrogen (secondary N) is 2. The first-order valence-electron chi connectivity index (χ1n) is 7.29. The number of hydrogen-bond donors (Lipinski definition) is 2. The van der Waals surface area contributed by atoms with Crippen molar-refractivity contribution in [1.29, 1.82) is 0 Å². The van der Waals surface area contributed by atoms with Crippen molar-refractivity contribution in [2.24, 2.45) is 0 Å². The molecule has 0 saturated heterocycles. The highest BCUT2D eigenvalue weighted by Gasteiger charge is 2.23. The lowest BCUT2D eigenvalue weighted by Gasteiger charge is -2.09. The number of carbonyl (C=O) groups excluding carboxylic acids is 2. The second-order valence-electron chi connectivity index (χ2n) is 5.26. The summed E-state index contributed by atoms with van der Waals surface area (Å²) in [7, 11) is 0. The summed E-state index contributed by atoms with van der Waals surface area (Å²) < 4.78 is 18.1. The van der Waals surface area contributed by atoms with Gasteiger partial charge in [0.05, 0.1) is 12.2 Å². The molecule has 2 rings (SSSR count). The van der Waals surface area contributed by atoms with Crippen LogP contribution < -0.4 is 5.32 Å². The van der Waals surface area contributed by atoms with Crippen molar-refractivity contribution in [3.8, 4) is 0 Å². The van der Waals surface area contributed by atoms with Gasteiger partial charge in [-0.3, -0.25) is 4.79 Å². The fourth-order valence-electron chi connectivity index (χ4n) is 2.45. The minimum absolute atomic E-state index is 0.257. The highest BCUT2D eigenvalue weighted by molar-refractivity contribution is 6.08. The molecule has 1 aromatic carbocycles. The summed E-state index contributed by atoms with van der Waals surface area (Å²) in [6, 6.07) is 4.13. The fraction of sp³-hybridized carbons (Fsp3) is 0.294. The van der Waals surface area contributed by atoms with Crippen molar-refractivity contribution in [3.63, 3.8) is 0 Å². The van der Waals surface area contributed by atoms with Gasteiger partial charge in [-0.2, -0.15) is 0 Å². The van der Waals surface area contributed by atoms with E-state index < -0.39 is 5.97 Å². The largest absolute Gasteiger partial charge is 0.461 e. The molecule has 1 aromatic heterocycles. The number of rotatable bonds is 4. The number of H-pyrrole nitrogens is 1. The third-order valence-electron chi connectivity index (χ3n) is 3.58. The number of carbonyl (C=O) groups is 2. The molecule has 0 aliphatic carbocycles. The van der Waals surface area contributed by atoms with Crippen molar-refractivity contribution in [3.05, 3.63) is 52.1 Å². The Morgan fingerprint density at radius 2 is 1.96 bits per heavy atom. The van der Waals surface area contributed by atoms with E-state index in [0.717, 1.165) is 0 Å². The number of aryl methyl sites for hydroxylation is 2. The Labute approximate surface area is 133 Å². The lowest BCUT2D eigenvalue weighted by Crippen LogP contribution is -2.15. The van der Waals surface area contributed by atoms with Crippen molar-refractivity contribution >= 4 is 17.6 Å². The smallest absolute Gasteiger partial charge is 0.355 e. The summed E-state index contributed by atoms with van der Waals surface area (Å²) >= 11 is 0. The van der Waals surface area contributed by atoms with Gasteiger partial charge in [0.15, 0.2) is 0 Å². The Morgan fingerprint density at radius 1 is 1.26 bits per heavy atom. The molecule has 2 aromatic rings. The summed E-state index contributed by atoms with van der Waals surface area (Å²) in [4.78, 5) is 27.3. The maximum atomic E-state index is 13.1. The molecule has 0 radical (unpaired) electrons. The van der Waals surface area contributed by atoms with Crippen LogP contribution in [0.5, 0.6) is 0 Å². The topological polar surface area (TPSA) is 71.2 Å². The third kappa shape index (κ3) is 3.41. The Balaban J connectivity index is 2.31. The molecule has 2 N–H and O–H groups in total. The summed E-state index contributed by atoms with van der Waals surface area (Å²) in [5, 5.41) is 2.74. The standard InChI is InChI=1S/C17H19FN2O3/c1-5-23-17(22)15-10(3)14(11(4)19-15)16(21)20-13-7-6-12(18)8-9(13)2/h6-8,19H,5H2,1-4H3,(H,20,21). The average Bonchev–Trinajstić information content (AvgIpc) is 2.77. The first-order chi connectivity index (χ1) is 10.8. The van der Waals surface area contributed by atoms with E-state index in [1.807, 2.05) is 0 Å². The lowest BCUT2D eigenvalue weighted by atomic mass is 10.1. The van der Waals surface area contributed by atoms with Crippen LogP contribution in [0.3, 0.4) is 0 Å². The van der Waals surface area contributed by atoms with Crippen LogP contribution in [0.2, 0.25) is 0 Å². The molecule has 0 unspecified atom stereocenters. The second kappa shape index (κ2) is 6.64. The normalized spacial score (nSPS) is 10.5. The van der Waals surface area contributed by atoms with Crippen LogP contribution in [0, 0.1) is 26.6 Å². The van der Waals surface area contributed by atoms with Crippen molar-refractivity contribution in [2.45, 2.75) is 27.7 Å². The van der Waals surface area contributed by atoms with E-state index >= 15 is 0 Å². The number of anilines is 1. The monoisotopic (exact) mass is 318 g/mol. The zero-order valence-corrected chi connectivity index (χ0v) is 13.5. The summed E-state index contributed by atoms with van der Waals surface area (Å²) in [6.45, 7) is 7.07. The number of benzene rings is 1. The quantitative estimate of drug-likeness (QED) is 0.847. The number of amides is 1. The van der Waals surface area contributed by atoms with Crippen LogP contribution in [0.4, 0.5) is 10.1 Å². The number of halogens is 1. The van der Waals surface area contributed by atoms with E-state index in [1.165, 1.54) is 18.2 Å². The van der Waals surface area contributed by atoms with Gasteiger partial charge in [-0.05, 0) is 57.0 Å². The van der Waals surface area contributed by atoms with Gasteiger partial charge in [0.25, 0.3) is 5.91 Å². The Bertz CT molecular complexity index is 765. The molecule has 1 amide bonds. The molecule has 6 heteroatoms. The van der Waals surface area contributed by atoms with Crippen molar-refractivity contribution in [1.82, 2.24) is 4.98 Å². The molecule has 23 heavy (non-hydrogen) atoms. The van der Waals surface area contributed by atoms with Crippen LogP contribution in [-0.4, -0.2) is 23.5 Å². The third-order valence-corrected chi connectivity index (χ3v) is 3.58. The molecule has 1 heterocycles. The van der Waals surface area contributed by atoms with Crippen LogP contribution in [0.25, 0.3) is 0 Å². The molecule has 0 atom stereocenters. The van der Waals surface area contributed by atoms with Crippen molar-refractivity contribution < 1.29 is 18.7 Å². The first kappa shape index (κ1) is 16.7. The molecule has 0 aliphatic heterocycles. The van der Waals surface area contributed by atoms with Gasteiger partial charge >= 0.3 is 5.97 Å². The van der Waals surface area contributed by atoms with E-state index in [-0.39, 0.29) is 24.0 Å². The van der Waals surface area contributed by atoms with Crippen LogP contribution in [0.15, 0.2) is 18.2 Å². The van der Waals surface area contributed by atoms with Gasteiger partial charge in [-0.1, -0.05) is 0 Å². The second-order valence-corrected chi connectivity index (χ2v) is 5.26. The molecular weight excluding hydrogens is 299 g/mol. The van der Waals surface area contributed by atoms with E-state index in [1.54, 1.807) is 27.7 Å². The highest BCUT2D eigenvalue weighted by atomic mass is 19.1. The van der Waals surface area contributed by atoms with E-state index in [9.17, 15) is 14.0 Å². The van der Waals surface area contributed by atoms with Crippen LogP contribution in [0.1, 0.15) is 44.6 Å². The first-order valence-corrected chi connectivity index (χ1v) is 7.29. The Hall–Kier alpha value is -2.63.